The first-order valence-electron chi connectivity index (χ1n) is 5.81. The van der Waals surface area contributed by atoms with Gasteiger partial charge in [-0.2, -0.15) is 0 Å². The number of halogens is 1. The minimum atomic E-state index is 0.793. The Hall–Kier alpha value is -1.26. The van der Waals surface area contributed by atoms with E-state index in [0.717, 1.165) is 29.0 Å². The van der Waals surface area contributed by atoms with Crippen LogP contribution in [0, 0.1) is 6.92 Å². The molecule has 18 heavy (non-hydrogen) atoms. The predicted molar refractivity (Wildman–Crippen MR) is 77.2 cm³/mol. The van der Waals surface area contributed by atoms with Gasteiger partial charge in [0.1, 0.15) is 5.76 Å². The molecule has 1 aromatic carbocycles. The van der Waals surface area contributed by atoms with Crippen molar-refractivity contribution in [3.63, 3.8) is 0 Å². The summed E-state index contributed by atoms with van der Waals surface area (Å²) in [6.45, 7) is 3.69. The molecule has 0 aliphatic heterocycles. The van der Waals surface area contributed by atoms with E-state index in [1.165, 1.54) is 11.1 Å². The fourth-order valence-electron chi connectivity index (χ4n) is 1.93. The number of furan rings is 1. The summed E-state index contributed by atoms with van der Waals surface area (Å²) in [7, 11) is 2.09. The molecule has 2 aromatic rings. The van der Waals surface area contributed by atoms with Gasteiger partial charge in [0, 0.05) is 28.8 Å². The lowest BCUT2D eigenvalue weighted by Crippen LogP contribution is -2.17. The number of benzene rings is 1. The molecule has 4 heteroatoms. The van der Waals surface area contributed by atoms with Gasteiger partial charge in [-0.05, 0) is 43.8 Å². The minimum absolute atomic E-state index is 0.793. The summed E-state index contributed by atoms with van der Waals surface area (Å²) < 4.78 is 6.39. The number of nitrogen functional groups attached to an aromatic ring is 1. The molecule has 0 amide bonds. The fourth-order valence-corrected chi connectivity index (χ4v) is 2.30. The zero-order chi connectivity index (χ0) is 13.1. The molecule has 0 fully saturated rings. The van der Waals surface area contributed by atoms with Crippen molar-refractivity contribution in [2.75, 3.05) is 12.8 Å². The molecule has 0 unspecified atom stereocenters. The molecule has 0 radical (unpaired) electrons. The summed E-state index contributed by atoms with van der Waals surface area (Å²) in [5.74, 6) is 0.980. The zero-order valence-corrected chi connectivity index (χ0v) is 12.2. The van der Waals surface area contributed by atoms with Crippen molar-refractivity contribution < 1.29 is 4.42 Å². The van der Waals surface area contributed by atoms with Crippen molar-refractivity contribution in [2.24, 2.45) is 0 Å². The second kappa shape index (κ2) is 5.59. The van der Waals surface area contributed by atoms with Crippen LogP contribution in [0.3, 0.4) is 0 Å². The number of hydrogen-bond acceptors (Lipinski definition) is 3. The van der Waals surface area contributed by atoms with Crippen LogP contribution in [0.2, 0.25) is 0 Å². The largest absolute Gasteiger partial charge is 0.469 e. The summed E-state index contributed by atoms with van der Waals surface area (Å²) in [6.07, 6.45) is 1.73. The third-order valence-electron chi connectivity index (χ3n) is 2.92. The second-order valence-corrected chi connectivity index (χ2v) is 5.38. The van der Waals surface area contributed by atoms with Gasteiger partial charge in [0.25, 0.3) is 0 Å². The molecule has 1 aromatic heterocycles. The molecule has 0 bridgehead atoms. The maximum Gasteiger partial charge on any atom is 0.105 e. The van der Waals surface area contributed by atoms with Gasteiger partial charge in [-0.3, -0.25) is 4.90 Å². The Morgan fingerprint density at radius 3 is 2.61 bits per heavy atom. The number of nitrogens with two attached hydrogens (primary N) is 1. The highest BCUT2D eigenvalue weighted by Gasteiger charge is 2.08. The summed E-state index contributed by atoms with van der Waals surface area (Å²) in [4.78, 5) is 2.23. The molecule has 0 atom stereocenters. The van der Waals surface area contributed by atoms with Crippen molar-refractivity contribution in [2.45, 2.75) is 20.0 Å². The van der Waals surface area contributed by atoms with Crippen LogP contribution in [-0.2, 0) is 13.1 Å². The molecule has 1 heterocycles. The van der Waals surface area contributed by atoms with Gasteiger partial charge in [0.2, 0.25) is 0 Å². The summed E-state index contributed by atoms with van der Waals surface area (Å²) in [6, 6.07) is 7.90. The molecule has 2 N–H and O–H groups in total. The van der Waals surface area contributed by atoms with Crippen molar-refractivity contribution in [1.82, 2.24) is 4.90 Å². The van der Waals surface area contributed by atoms with Crippen LogP contribution < -0.4 is 5.73 Å². The molecule has 2 rings (SSSR count). The van der Waals surface area contributed by atoms with Gasteiger partial charge >= 0.3 is 0 Å². The lowest BCUT2D eigenvalue weighted by atomic mass is 10.2. The Balaban J connectivity index is 2.05. The highest BCUT2D eigenvalue weighted by Crippen LogP contribution is 2.21. The average Bonchev–Trinajstić information content (AvgIpc) is 2.70. The monoisotopic (exact) mass is 308 g/mol. The molecule has 0 spiro atoms. The third-order valence-corrected chi connectivity index (χ3v) is 3.69. The third kappa shape index (κ3) is 3.15. The lowest BCUT2D eigenvalue weighted by Gasteiger charge is -2.17. The van der Waals surface area contributed by atoms with Crippen LogP contribution in [0.1, 0.15) is 16.9 Å². The van der Waals surface area contributed by atoms with Crippen molar-refractivity contribution >= 4 is 21.6 Å². The van der Waals surface area contributed by atoms with E-state index >= 15 is 0 Å². The van der Waals surface area contributed by atoms with Gasteiger partial charge in [-0.25, -0.2) is 0 Å². The Bertz CT molecular complexity index is 536. The second-order valence-electron chi connectivity index (χ2n) is 4.53. The van der Waals surface area contributed by atoms with E-state index in [-0.39, 0.29) is 0 Å². The first-order valence-corrected chi connectivity index (χ1v) is 6.61. The summed E-state index contributed by atoms with van der Waals surface area (Å²) in [5, 5.41) is 0. The van der Waals surface area contributed by atoms with Crippen molar-refractivity contribution in [3.8, 4) is 0 Å². The van der Waals surface area contributed by atoms with Crippen LogP contribution >= 0.6 is 15.9 Å². The van der Waals surface area contributed by atoms with E-state index in [2.05, 4.69) is 27.9 Å². The molecule has 0 aliphatic carbocycles. The number of aryl methyl sites for hydroxylation is 1. The first kappa shape index (κ1) is 13.2. The van der Waals surface area contributed by atoms with Crippen molar-refractivity contribution in [1.29, 1.82) is 0 Å². The van der Waals surface area contributed by atoms with Crippen molar-refractivity contribution in [3.05, 3.63) is 51.9 Å². The molecule has 3 nitrogen and oxygen atoms in total. The van der Waals surface area contributed by atoms with Crippen LogP contribution in [0.4, 0.5) is 5.69 Å². The standard InChI is InChI=1S/C14H17BrN2O/c1-10-11(5-6-18-10)8-17(2)9-12-7-13(16)3-4-14(12)15/h3-7H,8-9,16H2,1-2H3. The Morgan fingerprint density at radius 2 is 1.94 bits per heavy atom. The van der Waals surface area contributed by atoms with Gasteiger partial charge in [-0.15, -0.1) is 0 Å². The number of hydrogen-bond donors (Lipinski definition) is 1. The topological polar surface area (TPSA) is 42.4 Å². The van der Waals surface area contributed by atoms with E-state index in [1.807, 2.05) is 31.2 Å². The van der Waals surface area contributed by atoms with Crippen LogP contribution in [-0.4, -0.2) is 11.9 Å². The highest BCUT2D eigenvalue weighted by molar-refractivity contribution is 9.10. The predicted octanol–water partition coefficient (Wildman–Crippen LogP) is 3.56. The molecular formula is C14H17BrN2O. The minimum Gasteiger partial charge on any atom is -0.469 e. The summed E-state index contributed by atoms with van der Waals surface area (Å²) >= 11 is 3.55. The Morgan fingerprint density at radius 1 is 1.22 bits per heavy atom. The SMILES string of the molecule is Cc1occc1CN(C)Cc1cc(N)ccc1Br. The van der Waals surface area contributed by atoms with Gasteiger partial charge in [0.05, 0.1) is 6.26 Å². The zero-order valence-electron chi connectivity index (χ0n) is 10.6. The molecular weight excluding hydrogens is 292 g/mol. The van der Waals surface area contributed by atoms with Crippen LogP contribution in [0.5, 0.6) is 0 Å². The number of anilines is 1. The molecule has 96 valence electrons. The normalized spacial score (nSPS) is 11.1. The van der Waals surface area contributed by atoms with Gasteiger partial charge in [-0.1, -0.05) is 15.9 Å². The van der Waals surface area contributed by atoms with E-state index < -0.39 is 0 Å². The van der Waals surface area contributed by atoms with E-state index in [1.54, 1.807) is 6.26 Å². The number of rotatable bonds is 4. The first-order chi connectivity index (χ1) is 8.56. The van der Waals surface area contributed by atoms with Crippen LogP contribution in [0.15, 0.2) is 39.4 Å². The lowest BCUT2D eigenvalue weighted by molar-refractivity contribution is 0.316. The van der Waals surface area contributed by atoms with Gasteiger partial charge in [0.15, 0.2) is 0 Å². The Labute approximate surface area is 116 Å². The Kier molecular flexibility index (Phi) is 4.09. The molecule has 0 aliphatic rings. The smallest absolute Gasteiger partial charge is 0.105 e. The quantitative estimate of drug-likeness (QED) is 0.878. The maximum atomic E-state index is 5.81. The fraction of sp³-hybridized carbons (Fsp3) is 0.286. The van der Waals surface area contributed by atoms with E-state index in [4.69, 9.17) is 10.2 Å². The maximum absolute atomic E-state index is 5.81. The van der Waals surface area contributed by atoms with E-state index in [9.17, 15) is 0 Å². The van der Waals surface area contributed by atoms with Crippen LogP contribution in [0.25, 0.3) is 0 Å². The van der Waals surface area contributed by atoms with Gasteiger partial charge < -0.3 is 10.2 Å². The molecule has 0 saturated carbocycles. The molecule has 0 saturated heterocycles. The summed E-state index contributed by atoms with van der Waals surface area (Å²) in [5.41, 5.74) is 9.01. The number of nitrogens with zero attached hydrogens (tertiary/aromatic N) is 1. The highest BCUT2D eigenvalue weighted by atomic mass is 79.9. The van der Waals surface area contributed by atoms with E-state index in [0.29, 0.717) is 0 Å². The average molecular weight is 309 g/mol.